The van der Waals surface area contributed by atoms with Crippen molar-refractivity contribution in [2.24, 2.45) is 5.92 Å². The molecular weight excluding hydrogens is 437 g/mol. The van der Waals surface area contributed by atoms with Crippen LogP contribution in [0.15, 0.2) is 67.0 Å². The summed E-state index contributed by atoms with van der Waals surface area (Å²) in [6.07, 6.45) is 3.83. The Bertz CT molecular complexity index is 1170. The predicted octanol–water partition coefficient (Wildman–Crippen LogP) is 2.98. The average molecular weight is 461 g/mol. The molecule has 174 valence electrons. The number of hydrogen-bond acceptors (Lipinski definition) is 6. The third-order valence-corrected chi connectivity index (χ3v) is 6.15. The van der Waals surface area contributed by atoms with Crippen molar-refractivity contribution >= 4 is 23.2 Å². The maximum Gasteiger partial charge on any atom is 0.256 e. The van der Waals surface area contributed by atoms with E-state index in [0.717, 1.165) is 5.69 Å². The molecule has 0 aliphatic carbocycles. The third-order valence-electron chi connectivity index (χ3n) is 6.15. The van der Waals surface area contributed by atoms with Crippen LogP contribution in [0.1, 0.15) is 16.8 Å². The first-order valence-electron chi connectivity index (χ1n) is 11.2. The largest absolute Gasteiger partial charge is 0.489 e. The number of aromatic nitrogens is 2. The molecule has 2 saturated heterocycles. The van der Waals surface area contributed by atoms with Gasteiger partial charge in [-0.3, -0.25) is 9.59 Å². The van der Waals surface area contributed by atoms with Crippen LogP contribution in [0.3, 0.4) is 0 Å². The minimum absolute atomic E-state index is 0.0231. The van der Waals surface area contributed by atoms with Crippen molar-refractivity contribution < 1.29 is 18.7 Å². The third kappa shape index (κ3) is 4.68. The molecule has 1 N–H and O–H groups in total. The van der Waals surface area contributed by atoms with E-state index in [9.17, 15) is 14.0 Å². The van der Waals surface area contributed by atoms with Gasteiger partial charge in [-0.05, 0) is 42.5 Å². The van der Waals surface area contributed by atoms with Gasteiger partial charge in [0.1, 0.15) is 17.7 Å². The summed E-state index contributed by atoms with van der Waals surface area (Å²) in [6.45, 7) is 2.20. The number of halogens is 1. The number of rotatable bonds is 6. The van der Waals surface area contributed by atoms with Crippen LogP contribution in [0, 0.1) is 11.7 Å². The first-order valence-corrected chi connectivity index (χ1v) is 11.2. The fraction of sp³-hybridized carbons (Fsp3) is 0.280. The van der Waals surface area contributed by atoms with Gasteiger partial charge < -0.3 is 19.9 Å². The number of ether oxygens (including phenoxy) is 1. The molecule has 1 aromatic heterocycles. The molecule has 2 fully saturated rings. The molecule has 34 heavy (non-hydrogen) atoms. The smallest absolute Gasteiger partial charge is 0.256 e. The molecule has 3 heterocycles. The van der Waals surface area contributed by atoms with E-state index < -0.39 is 5.82 Å². The van der Waals surface area contributed by atoms with E-state index in [1.807, 2.05) is 6.07 Å². The van der Waals surface area contributed by atoms with Crippen molar-refractivity contribution in [3.05, 3.63) is 78.4 Å². The molecule has 0 bridgehead atoms. The maximum atomic E-state index is 13.9. The maximum absolute atomic E-state index is 13.9. The number of amides is 2. The van der Waals surface area contributed by atoms with Gasteiger partial charge in [0, 0.05) is 31.7 Å². The zero-order chi connectivity index (χ0) is 23.5. The molecule has 1 atom stereocenters. The molecule has 9 heteroatoms. The zero-order valence-electron chi connectivity index (χ0n) is 18.4. The second kappa shape index (κ2) is 9.46. The average Bonchev–Trinajstić information content (AvgIpc) is 3.28. The van der Waals surface area contributed by atoms with Crippen LogP contribution in [0.25, 0.3) is 0 Å². The summed E-state index contributed by atoms with van der Waals surface area (Å²) in [4.78, 5) is 28.8. The summed E-state index contributed by atoms with van der Waals surface area (Å²) in [6, 6.07) is 15.1. The van der Waals surface area contributed by atoms with Crippen LogP contribution in [-0.4, -0.2) is 59.2 Å². The van der Waals surface area contributed by atoms with Crippen molar-refractivity contribution in [1.29, 1.82) is 0 Å². The van der Waals surface area contributed by atoms with Gasteiger partial charge in [0.2, 0.25) is 5.91 Å². The van der Waals surface area contributed by atoms with E-state index in [1.54, 1.807) is 53.7 Å². The van der Waals surface area contributed by atoms with E-state index in [0.29, 0.717) is 44.0 Å². The monoisotopic (exact) mass is 461 g/mol. The van der Waals surface area contributed by atoms with Gasteiger partial charge in [-0.15, -0.1) is 0 Å². The summed E-state index contributed by atoms with van der Waals surface area (Å²) in [5.41, 5.74) is 1.74. The van der Waals surface area contributed by atoms with Gasteiger partial charge in [-0.25, -0.2) is 4.39 Å². The summed E-state index contributed by atoms with van der Waals surface area (Å²) in [5.74, 6) is -0.288. The Balaban J connectivity index is 1.10. The molecule has 0 saturated carbocycles. The van der Waals surface area contributed by atoms with Crippen LogP contribution in [0.2, 0.25) is 0 Å². The molecule has 3 aromatic rings. The van der Waals surface area contributed by atoms with Gasteiger partial charge in [-0.1, -0.05) is 12.1 Å². The highest BCUT2D eigenvalue weighted by molar-refractivity contribution is 5.95. The van der Waals surface area contributed by atoms with Gasteiger partial charge in [-0.2, -0.15) is 10.2 Å². The lowest BCUT2D eigenvalue weighted by atomic mass is 9.98. The first kappa shape index (κ1) is 21.8. The predicted molar refractivity (Wildman–Crippen MR) is 124 cm³/mol. The molecule has 5 rings (SSSR count). The van der Waals surface area contributed by atoms with Crippen LogP contribution in [0.5, 0.6) is 5.75 Å². The van der Waals surface area contributed by atoms with Gasteiger partial charge >= 0.3 is 0 Å². The highest BCUT2D eigenvalue weighted by Gasteiger charge is 2.33. The molecule has 2 aromatic carbocycles. The molecular formula is C25H24FN5O3. The summed E-state index contributed by atoms with van der Waals surface area (Å²) < 4.78 is 19.9. The molecule has 0 unspecified atom stereocenters. The Kier molecular flexibility index (Phi) is 6.07. The summed E-state index contributed by atoms with van der Waals surface area (Å²) in [7, 11) is 0. The highest BCUT2D eigenvalue weighted by atomic mass is 19.1. The van der Waals surface area contributed by atoms with Crippen molar-refractivity contribution in [3.63, 3.8) is 0 Å². The van der Waals surface area contributed by atoms with E-state index in [4.69, 9.17) is 4.74 Å². The highest BCUT2D eigenvalue weighted by Crippen LogP contribution is 2.26. The lowest BCUT2D eigenvalue weighted by Crippen LogP contribution is -2.52. The zero-order valence-corrected chi connectivity index (χ0v) is 18.4. The van der Waals surface area contributed by atoms with Crippen molar-refractivity contribution in [2.75, 3.05) is 36.4 Å². The van der Waals surface area contributed by atoms with Crippen molar-refractivity contribution in [3.8, 4) is 5.75 Å². The number of nitrogens with one attached hydrogen (secondary N) is 1. The SMILES string of the molecule is O=C(Nc1ccc(O[C@@H]2CCN(C(=O)c3ccccc3F)C2)cc1)C1CN(c2ccnnc2)C1. The van der Waals surface area contributed by atoms with Crippen LogP contribution in [-0.2, 0) is 4.79 Å². The molecule has 2 amide bonds. The van der Waals surface area contributed by atoms with Crippen molar-refractivity contribution in [1.82, 2.24) is 15.1 Å². The Morgan fingerprint density at radius 2 is 1.79 bits per heavy atom. The van der Waals surface area contributed by atoms with Gasteiger partial charge in [0.15, 0.2) is 0 Å². The Morgan fingerprint density at radius 1 is 1.00 bits per heavy atom. The Labute approximate surface area is 196 Å². The second-order valence-electron chi connectivity index (χ2n) is 8.48. The van der Waals surface area contributed by atoms with Crippen LogP contribution >= 0.6 is 0 Å². The fourth-order valence-electron chi connectivity index (χ4n) is 4.19. The van der Waals surface area contributed by atoms with E-state index in [2.05, 4.69) is 20.4 Å². The van der Waals surface area contributed by atoms with Crippen LogP contribution < -0.4 is 15.0 Å². The summed E-state index contributed by atoms with van der Waals surface area (Å²) >= 11 is 0. The van der Waals surface area contributed by atoms with E-state index >= 15 is 0 Å². The number of nitrogens with zero attached hydrogens (tertiary/aromatic N) is 4. The van der Waals surface area contributed by atoms with Gasteiger partial charge in [0.05, 0.1) is 36.1 Å². The lowest BCUT2D eigenvalue weighted by Gasteiger charge is -2.39. The molecule has 2 aliphatic rings. The first-order chi connectivity index (χ1) is 16.6. The van der Waals surface area contributed by atoms with Crippen LogP contribution in [0.4, 0.5) is 15.8 Å². The Hall–Kier alpha value is -4.01. The molecule has 0 radical (unpaired) electrons. The van der Waals surface area contributed by atoms with Gasteiger partial charge in [0.25, 0.3) is 5.91 Å². The lowest BCUT2D eigenvalue weighted by molar-refractivity contribution is -0.120. The minimum atomic E-state index is -0.515. The van der Waals surface area contributed by atoms with Crippen molar-refractivity contribution in [2.45, 2.75) is 12.5 Å². The standard InChI is InChI=1S/C25H24FN5O3/c26-23-4-2-1-3-22(23)25(33)30-12-10-21(16-30)34-20-7-5-18(6-8-20)29-24(32)17-14-31(15-17)19-9-11-27-28-13-19/h1-9,11,13,17,21H,10,12,14-16H2,(H,29,32)/t21-/m1/s1. The number of hydrogen-bond donors (Lipinski definition) is 1. The minimum Gasteiger partial charge on any atom is -0.489 e. The number of anilines is 2. The number of benzene rings is 2. The normalized spacial score (nSPS) is 17.9. The number of likely N-dealkylation sites (tertiary alicyclic amines) is 1. The molecule has 0 spiro atoms. The molecule has 8 nitrogen and oxygen atoms in total. The quantitative estimate of drug-likeness (QED) is 0.607. The number of carbonyl (C=O) groups excluding carboxylic acids is 2. The topological polar surface area (TPSA) is 87.7 Å². The molecule has 2 aliphatic heterocycles. The second-order valence-corrected chi connectivity index (χ2v) is 8.48. The summed E-state index contributed by atoms with van der Waals surface area (Å²) in [5, 5.41) is 10.6. The fourth-order valence-corrected chi connectivity index (χ4v) is 4.19. The number of carbonyl (C=O) groups is 2. The Morgan fingerprint density at radius 3 is 2.53 bits per heavy atom. The van der Waals surface area contributed by atoms with E-state index in [1.165, 1.54) is 12.1 Å². The van der Waals surface area contributed by atoms with E-state index in [-0.39, 0.29) is 29.4 Å².